The molecule has 1 aromatic rings. The lowest BCUT2D eigenvalue weighted by molar-refractivity contribution is 0.495. The molecule has 0 aliphatic heterocycles. The molecule has 1 N–H and O–H groups in total. The van der Waals surface area contributed by atoms with Crippen LogP contribution in [0, 0.1) is 22.7 Å². The average Bonchev–Trinajstić information content (AvgIpc) is 2.39. The van der Waals surface area contributed by atoms with Crippen molar-refractivity contribution in [3.8, 4) is 12.1 Å². The molecule has 0 radical (unpaired) electrons. The number of nitriles is 2. The van der Waals surface area contributed by atoms with Gasteiger partial charge in [0, 0.05) is 0 Å². The summed E-state index contributed by atoms with van der Waals surface area (Å²) < 4.78 is 26.6. The number of nitrogens with zero attached hydrogens (tertiary/aromatic N) is 2. The zero-order valence-electron chi connectivity index (χ0n) is 10.8. The van der Waals surface area contributed by atoms with Crippen molar-refractivity contribution >= 4 is 10.0 Å². The summed E-state index contributed by atoms with van der Waals surface area (Å²) in [5.74, 6) is 0. The van der Waals surface area contributed by atoms with E-state index in [2.05, 4.69) is 4.72 Å². The molecule has 0 aliphatic rings. The van der Waals surface area contributed by atoms with Gasteiger partial charge in [-0.25, -0.2) is 8.42 Å². The van der Waals surface area contributed by atoms with Crippen LogP contribution in [-0.4, -0.2) is 14.0 Å². The van der Waals surface area contributed by atoms with Crippen molar-refractivity contribution in [1.29, 1.82) is 10.5 Å². The van der Waals surface area contributed by atoms with E-state index in [1.807, 2.05) is 12.1 Å². The van der Waals surface area contributed by atoms with Gasteiger partial charge in [-0.3, -0.25) is 0 Å². The number of rotatable bonds is 5. The Hall–Kier alpha value is -1.89. The largest absolute Gasteiger partial charge is 0.241 e. The Bertz CT molecular complexity index is 623. The maximum absolute atomic E-state index is 12.1. The van der Waals surface area contributed by atoms with Gasteiger partial charge in [-0.05, 0) is 31.0 Å². The monoisotopic (exact) mass is 277 g/mol. The van der Waals surface area contributed by atoms with E-state index in [4.69, 9.17) is 10.5 Å². The molecule has 5 nitrogen and oxygen atoms in total. The number of hydrogen-bond donors (Lipinski definition) is 1. The van der Waals surface area contributed by atoms with E-state index in [9.17, 15) is 8.42 Å². The van der Waals surface area contributed by atoms with Crippen molar-refractivity contribution < 1.29 is 8.42 Å². The van der Waals surface area contributed by atoms with Crippen molar-refractivity contribution in [2.75, 3.05) is 0 Å². The summed E-state index contributed by atoms with van der Waals surface area (Å²) in [6, 6.07) is 9.99. The third-order valence-electron chi connectivity index (χ3n) is 2.83. The third kappa shape index (κ3) is 3.78. The molecule has 0 saturated carbocycles. The minimum atomic E-state index is -3.73. The van der Waals surface area contributed by atoms with E-state index >= 15 is 0 Å². The molecule has 100 valence electrons. The highest BCUT2D eigenvalue weighted by Gasteiger charge is 2.28. The maximum atomic E-state index is 12.1. The molecular formula is C13H15N3O2S. The number of nitrogens with one attached hydrogen (secondary N) is 1. The smallest absolute Gasteiger partial charge is 0.207 e. The van der Waals surface area contributed by atoms with Crippen LogP contribution in [0.25, 0.3) is 0 Å². The van der Waals surface area contributed by atoms with Crippen LogP contribution in [0.3, 0.4) is 0 Å². The normalized spacial score (nSPS) is 14.1. The molecule has 1 unspecified atom stereocenters. The van der Waals surface area contributed by atoms with Crippen LogP contribution in [0.1, 0.15) is 25.8 Å². The van der Waals surface area contributed by atoms with Crippen molar-refractivity contribution in [2.24, 2.45) is 0 Å². The quantitative estimate of drug-likeness (QED) is 0.886. The molecule has 0 amide bonds. The van der Waals surface area contributed by atoms with Crippen LogP contribution in [-0.2, 0) is 16.4 Å². The summed E-state index contributed by atoms with van der Waals surface area (Å²) in [5.41, 5.74) is -0.371. The number of benzene rings is 1. The van der Waals surface area contributed by atoms with Gasteiger partial charge in [0.05, 0.1) is 23.5 Å². The summed E-state index contributed by atoms with van der Waals surface area (Å²) in [6.45, 7) is 3.27. The van der Waals surface area contributed by atoms with Crippen molar-refractivity contribution in [3.05, 3.63) is 29.8 Å². The third-order valence-corrected chi connectivity index (χ3v) is 4.44. The Balaban J connectivity index is 3.02. The molecule has 1 aromatic carbocycles. The van der Waals surface area contributed by atoms with E-state index < -0.39 is 15.6 Å². The predicted molar refractivity (Wildman–Crippen MR) is 70.4 cm³/mol. The molecule has 0 aliphatic carbocycles. The zero-order chi connectivity index (χ0) is 14.5. The summed E-state index contributed by atoms with van der Waals surface area (Å²) in [7, 11) is -3.73. The fourth-order valence-corrected chi connectivity index (χ4v) is 2.80. The highest BCUT2D eigenvalue weighted by molar-refractivity contribution is 7.89. The summed E-state index contributed by atoms with van der Waals surface area (Å²) in [4.78, 5) is 0.0871. The van der Waals surface area contributed by atoms with Gasteiger partial charge in [-0.2, -0.15) is 15.2 Å². The van der Waals surface area contributed by atoms with Crippen LogP contribution < -0.4 is 4.72 Å². The van der Waals surface area contributed by atoms with Crippen molar-refractivity contribution in [1.82, 2.24) is 4.72 Å². The fraction of sp³-hybridized carbons (Fsp3) is 0.385. The van der Waals surface area contributed by atoms with E-state index in [-0.39, 0.29) is 11.3 Å². The van der Waals surface area contributed by atoms with Gasteiger partial charge in [0.1, 0.15) is 5.54 Å². The first-order valence-electron chi connectivity index (χ1n) is 5.78. The highest BCUT2D eigenvalue weighted by Crippen LogP contribution is 2.16. The lowest BCUT2D eigenvalue weighted by atomic mass is 10.0. The van der Waals surface area contributed by atoms with Gasteiger partial charge < -0.3 is 0 Å². The van der Waals surface area contributed by atoms with Gasteiger partial charge in [-0.1, -0.05) is 19.1 Å². The SMILES string of the molecule is CCC(C)(C#N)NS(=O)(=O)c1ccc(CC#N)cc1. The molecule has 19 heavy (non-hydrogen) atoms. The fourth-order valence-electron chi connectivity index (χ4n) is 1.41. The minimum absolute atomic E-state index is 0.0871. The lowest BCUT2D eigenvalue weighted by Crippen LogP contribution is -2.44. The van der Waals surface area contributed by atoms with Crippen molar-refractivity contribution in [2.45, 2.75) is 37.1 Å². The first-order valence-corrected chi connectivity index (χ1v) is 7.26. The summed E-state index contributed by atoms with van der Waals surface area (Å²) in [5, 5.41) is 17.5. The second kappa shape index (κ2) is 5.83. The van der Waals surface area contributed by atoms with Crippen LogP contribution in [0.4, 0.5) is 0 Å². The van der Waals surface area contributed by atoms with E-state index in [0.29, 0.717) is 6.42 Å². The topological polar surface area (TPSA) is 93.8 Å². The first kappa shape index (κ1) is 15.2. The standard InChI is InChI=1S/C13H15N3O2S/c1-3-13(2,10-15)16-19(17,18)12-6-4-11(5-7-12)8-9-14/h4-7,16H,3,8H2,1-2H3. The second-order valence-electron chi connectivity index (χ2n) is 4.38. The highest BCUT2D eigenvalue weighted by atomic mass is 32.2. The minimum Gasteiger partial charge on any atom is -0.207 e. The van der Waals surface area contributed by atoms with Crippen LogP contribution in [0.2, 0.25) is 0 Å². The molecule has 0 spiro atoms. The molecule has 0 bridgehead atoms. The van der Waals surface area contributed by atoms with Crippen LogP contribution in [0.15, 0.2) is 29.2 Å². The Morgan fingerprint density at radius 2 is 1.84 bits per heavy atom. The van der Waals surface area contributed by atoms with Gasteiger partial charge in [0.2, 0.25) is 10.0 Å². The summed E-state index contributed by atoms with van der Waals surface area (Å²) >= 11 is 0. The van der Waals surface area contributed by atoms with Gasteiger partial charge in [-0.15, -0.1) is 0 Å². The average molecular weight is 277 g/mol. The van der Waals surface area contributed by atoms with E-state index in [1.54, 1.807) is 19.1 Å². The molecule has 6 heteroatoms. The van der Waals surface area contributed by atoms with E-state index in [1.165, 1.54) is 19.1 Å². The first-order chi connectivity index (χ1) is 8.87. The lowest BCUT2D eigenvalue weighted by Gasteiger charge is -2.21. The Morgan fingerprint density at radius 3 is 2.26 bits per heavy atom. The van der Waals surface area contributed by atoms with Crippen molar-refractivity contribution in [3.63, 3.8) is 0 Å². The van der Waals surface area contributed by atoms with Crippen LogP contribution in [0.5, 0.6) is 0 Å². The molecule has 1 atom stereocenters. The molecule has 0 saturated heterocycles. The van der Waals surface area contributed by atoms with Gasteiger partial charge in [0.15, 0.2) is 0 Å². The van der Waals surface area contributed by atoms with Gasteiger partial charge in [0.25, 0.3) is 0 Å². The Kier molecular flexibility index (Phi) is 4.66. The predicted octanol–water partition coefficient (Wildman–Crippen LogP) is 1.72. The molecule has 0 heterocycles. The molecule has 1 rings (SSSR count). The Morgan fingerprint density at radius 1 is 1.26 bits per heavy atom. The Labute approximate surface area is 113 Å². The molecular weight excluding hydrogens is 262 g/mol. The molecule has 0 aromatic heterocycles. The second-order valence-corrected chi connectivity index (χ2v) is 6.06. The van der Waals surface area contributed by atoms with E-state index in [0.717, 1.165) is 5.56 Å². The number of hydrogen-bond acceptors (Lipinski definition) is 4. The molecule has 0 fully saturated rings. The number of sulfonamides is 1. The zero-order valence-corrected chi connectivity index (χ0v) is 11.7. The van der Waals surface area contributed by atoms with Gasteiger partial charge >= 0.3 is 0 Å². The maximum Gasteiger partial charge on any atom is 0.241 e. The van der Waals surface area contributed by atoms with Crippen LogP contribution >= 0.6 is 0 Å². The summed E-state index contributed by atoms with van der Waals surface area (Å²) in [6.07, 6.45) is 0.605.